The average molecular weight is 441 g/mol. The van der Waals surface area contributed by atoms with E-state index in [0.717, 1.165) is 23.8 Å². The standard InChI is InChI=1S/C22H24N4O2S2/c1-3-12-26-21(16-13-29-19-11-7-4-8-15(16)19)24-25-22(26)30-14-20(27)23-17-9-5-6-10-18(17)28-2/h3,5-6,9-10,13H,1,4,7-8,11-12,14H2,2H3,(H,23,27). The summed E-state index contributed by atoms with van der Waals surface area (Å²) in [5.41, 5.74) is 3.24. The lowest BCUT2D eigenvalue weighted by Crippen LogP contribution is -2.15. The van der Waals surface area contributed by atoms with Gasteiger partial charge in [-0.2, -0.15) is 0 Å². The number of carbonyl (C=O) groups excluding carboxylic acids is 1. The predicted octanol–water partition coefficient (Wildman–Crippen LogP) is 4.81. The van der Waals surface area contributed by atoms with Gasteiger partial charge in [0, 0.05) is 22.4 Å². The molecule has 2 aromatic heterocycles. The van der Waals surface area contributed by atoms with E-state index >= 15 is 0 Å². The number of hydrogen-bond donors (Lipinski definition) is 1. The molecular weight excluding hydrogens is 416 g/mol. The van der Waals surface area contributed by atoms with E-state index in [0.29, 0.717) is 18.0 Å². The lowest BCUT2D eigenvalue weighted by atomic mass is 9.95. The fraction of sp³-hybridized carbons (Fsp3) is 0.318. The molecule has 3 aromatic rings. The number of hydrogen-bond acceptors (Lipinski definition) is 6. The number of carbonyl (C=O) groups is 1. The molecule has 0 radical (unpaired) electrons. The topological polar surface area (TPSA) is 69.0 Å². The molecule has 0 spiro atoms. The third kappa shape index (κ3) is 4.29. The molecular formula is C22H24N4O2S2. The zero-order chi connectivity index (χ0) is 20.9. The third-order valence-corrected chi connectivity index (χ3v) is 7.10. The van der Waals surface area contributed by atoms with Crippen molar-refractivity contribution in [2.24, 2.45) is 0 Å². The first-order valence-electron chi connectivity index (χ1n) is 9.90. The molecule has 0 saturated heterocycles. The molecule has 0 atom stereocenters. The van der Waals surface area contributed by atoms with Crippen molar-refractivity contribution in [3.63, 3.8) is 0 Å². The Morgan fingerprint density at radius 1 is 1.33 bits per heavy atom. The van der Waals surface area contributed by atoms with Crippen molar-refractivity contribution in [3.05, 3.63) is 52.7 Å². The van der Waals surface area contributed by atoms with Gasteiger partial charge in [0.25, 0.3) is 0 Å². The van der Waals surface area contributed by atoms with Gasteiger partial charge in [-0.15, -0.1) is 28.1 Å². The minimum absolute atomic E-state index is 0.118. The molecule has 1 amide bonds. The molecule has 2 heterocycles. The van der Waals surface area contributed by atoms with Crippen LogP contribution in [0.2, 0.25) is 0 Å². The molecule has 156 valence electrons. The number of thiophene rings is 1. The first kappa shape index (κ1) is 20.7. The van der Waals surface area contributed by atoms with Gasteiger partial charge in [-0.05, 0) is 43.4 Å². The Morgan fingerprint density at radius 3 is 3.00 bits per heavy atom. The number of rotatable bonds is 8. The van der Waals surface area contributed by atoms with Crippen molar-refractivity contribution < 1.29 is 9.53 Å². The highest BCUT2D eigenvalue weighted by Gasteiger charge is 2.22. The zero-order valence-electron chi connectivity index (χ0n) is 16.9. The minimum atomic E-state index is -0.118. The number of thioether (sulfide) groups is 1. The second kappa shape index (κ2) is 9.49. The van der Waals surface area contributed by atoms with E-state index in [2.05, 4.69) is 27.5 Å². The number of anilines is 1. The summed E-state index contributed by atoms with van der Waals surface area (Å²) in [6.07, 6.45) is 6.57. The van der Waals surface area contributed by atoms with Crippen molar-refractivity contribution in [2.45, 2.75) is 37.4 Å². The molecule has 4 rings (SSSR count). The number of nitrogens with zero attached hydrogens (tertiary/aromatic N) is 3. The smallest absolute Gasteiger partial charge is 0.234 e. The van der Waals surface area contributed by atoms with Crippen LogP contribution < -0.4 is 10.1 Å². The van der Waals surface area contributed by atoms with Gasteiger partial charge in [-0.25, -0.2) is 0 Å². The number of ether oxygens (including phenoxy) is 1. The number of fused-ring (bicyclic) bond motifs is 1. The monoisotopic (exact) mass is 440 g/mol. The Kier molecular flexibility index (Phi) is 6.54. The van der Waals surface area contributed by atoms with Crippen LogP contribution in [0.5, 0.6) is 5.75 Å². The maximum absolute atomic E-state index is 12.5. The van der Waals surface area contributed by atoms with Crippen LogP contribution in [0.4, 0.5) is 5.69 Å². The molecule has 30 heavy (non-hydrogen) atoms. The van der Waals surface area contributed by atoms with E-state index in [-0.39, 0.29) is 11.7 Å². The Balaban J connectivity index is 1.50. The fourth-order valence-corrected chi connectivity index (χ4v) is 5.51. The van der Waals surface area contributed by atoms with Crippen LogP contribution in [0.1, 0.15) is 23.3 Å². The lowest BCUT2D eigenvalue weighted by Gasteiger charge is -2.13. The maximum atomic E-state index is 12.5. The van der Waals surface area contributed by atoms with Crippen LogP contribution >= 0.6 is 23.1 Å². The van der Waals surface area contributed by atoms with Crippen molar-refractivity contribution in [3.8, 4) is 17.1 Å². The lowest BCUT2D eigenvalue weighted by molar-refractivity contribution is -0.113. The molecule has 6 nitrogen and oxygen atoms in total. The van der Waals surface area contributed by atoms with Crippen LogP contribution in [-0.4, -0.2) is 33.5 Å². The van der Waals surface area contributed by atoms with Gasteiger partial charge in [0.05, 0.1) is 18.6 Å². The van der Waals surface area contributed by atoms with Crippen molar-refractivity contribution in [2.75, 3.05) is 18.2 Å². The van der Waals surface area contributed by atoms with Crippen LogP contribution in [-0.2, 0) is 24.2 Å². The first-order valence-corrected chi connectivity index (χ1v) is 11.8. The SMILES string of the molecule is C=CCn1c(SCC(=O)Nc2ccccc2OC)nnc1-c1csc2c1CCCC2. The van der Waals surface area contributed by atoms with Gasteiger partial charge in [0.15, 0.2) is 11.0 Å². The maximum Gasteiger partial charge on any atom is 0.234 e. The summed E-state index contributed by atoms with van der Waals surface area (Å²) in [6.45, 7) is 4.48. The van der Waals surface area contributed by atoms with Crippen LogP contribution in [0.15, 0.2) is 47.5 Å². The largest absolute Gasteiger partial charge is 0.495 e. The number of allylic oxidation sites excluding steroid dienone is 1. The van der Waals surface area contributed by atoms with Crippen molar-refractivity contribution in [1.29, 1.82) is 0 Å². The number of para-hydroxylation sites is 2. The Labute approximate surface area is 184 Å². The van der Waals surface area contributed by atoms with E-state index in [1.165, 1.54) is 40.6 Å². The van der Waals surface area contributed by atoms with Gasteiger partial charge < -0.3 is 10.1 Å². The summed E-state index contributed by atoms with van der Waals surface area (Å²) >= 11 is 3.19. The molecule has 0 bridgehead atoms. The normalized spacial score (nSPS) is 13.0. The number of nitrogens with one attached hydrogen (secondary N) is 1. The summed E-state index contributed by atoms with van der Waals surface area (Å²) in [5, 5.41) is 14.7. The Hall–Kier alpha value is -2.58. The van der Waals surface area contributed by atoms with Crippen LogP contribution in [0.3, 0.4) is 0 Å². The molecule has 1 aliphatic rings. The first-order chi connectivity index (χ1) is 14.7. The van der Waals surface area contributed by atoms with E-state index in [1.807, 2.05) is 46.2 Å². The van der Waals surface area contributed by atoms with Gasteiger partial charge in [0.2, 0.25) is 5.91 Å². The van der Waals surface area contributed by atoms with E-state index in [9.17, 15) is 4.79 Å². The quantitative estimate of drug-likeness (QED) is 0.402. The zero-order valence-corrected chi connectivity index (χ0v) is 18.5. The Morgan fingerprint density at radius 2 is 2.17 bits per heavy atom. The van der Waals surface area contributed by atoms with Crippen molar-refractivity contribution >= 4 is 34.7 Å². The number of benzene rings is 1. The highest BCUT2D eigenvalue weighted by molar-refractivity contribution is 7.99. The van der Waals surface area contributed by atoms with Gasteiger partial charge in [0.1, 0.15) is 5.75 Å². The number of amides is 1. The number of methoxy groups -OCH3 is 1. The number of aromatic nitrogens is 3. The molecule has 0 unspecified atom stereocenters. The molecule has 1 N–H and O–H groups in total. The van der Waals surface area contributed by atoms with E-state index in [1.54, 1.807) is 7.11 Å². The number of aryl methyl sites for hydroxylation is 1. The fourth-order valence-electron chi connectivity index (χ4n) is 3.63. The summed E-state index contributed by atoms with van der Waals surface area (Å²) in [6, 6.07) is 7.36. The second-order valence-corrected chi connectivity index (χ2v) is 8.91. The van der Waals surface area contributed by atoms with Crippen LogP contribution in [0.25, 0.3) is 11.4 Å². The molecule has 0 aliphatic heterocycles. The molecule has 1 aliphatic carbocycles. The second-order valence-electron chi connectivity index (χ2n) is 7.00. The predicted molar refractivity (Wildman–Crippen MR) is 123 cm³/mol. The van der Waals surface area contributed by atoms with Crippen molar-refractivity contribution in [1.82, 2.24) is 14.8 Å². The summed E-state index contributed by atoms with van der Waals surface area (Å²) < 4.78 is 7.34. The Bertz CT molecular complexity index is 1060. The van der Waals surface area contributed by atoms with E-state index in [4.69, 9.17) is 4.74 Å². The average Bonchev–Trinajstić information content (AvgIpc) is 3.37. The van der Waals surface area contributed by atoms with E-state index < -0.39 is 0 Å². The molecule has 1 aromatic carbocycles. The summed E-state index contributed by atoms with van der Waals surface area (Å²) in [7, 11) is 1.59. The third-order valence-electron chi connectivity index (χ3n) is 5.04. The van der Waals surface area contributed by atoms with Gasteiger partial charge in [-0.1, -0.05) is 30.0 Å². The minimum Gasteiger partial charge on any atom is -0.495 e. The van der Waals surface area contributed by atoms with Gasteiger partial charge in [-0.3, -0.25) is 9.36 Å². The summed E-state index contributed by atoms with van der Waals surface area (Å²) in [4.78, 5) is 14.0. The molecule has 0 fully saturated rings. The highest BCUT2D eigenvalue weighted by atomic mass is 32.2. The highest BCUT2D eigenvalue weighted by Crippen LogP contribution is 2.37. The van der Waals surface area contributed by atoms with Crippen LogP contribution in [0, 0.1) is 0 Å². The summed E-state index contributed by atoms with van der Waals surface area (Å²) in [5.74, 6) is 1.61. The molecule has 0 saturated carbocycles. The molecule has 8 heteroatoms. The van der Waals surface area contributed by atoms with Gasteiger partial charge >= 0.3 is 0 Å².